The molecule has 0 heterocycles. The molecule has 0 aromatic heterocycles. The van der Waals surface area contributed by atoms with Crippen molar-refractivity contribution >= 4 is 17.7 Å². The second-order valence-electron chi connectivity index (χ2n) is 3.99. The number of rotatable bonds is 5. The summed E-state index contributed by atoms with van der Waals surface area (Å²) in [5, 5.41) is 8.82. The fourth-order valence-electron chi connectivity index (χ4n) is 1.49. The van der Waals surface area contributed by atoms with Gasteiger partial charge in [0, 0.05) is 9.79 Å². The van der Waals surface area contributed by atoms with Gasteiger partial charge in [0.15, 0.2) is 6.10 Å². The zero-order chi connectivity index (χ0) is 13.7. The molecule has 2 rings (SSSR count). The van der Waals surface area contributed by atoms with Gasteiger partial charge in [-0.3, -0.25) is 0 Å². The maximum absolute atomic E-state index is 10.7. The van der Waals surface area contributed by atoms with Gasteiger partial charge in [-0.05, 0) is 37.3 Å². The van der Waals surface area contributed by atoms with Gasteiger partial charge in [0.25, 0.3) is 0 Å². The fourth-order valence-corrected chi connectivity index (χ4v) is 2.38. The molecule has 3 nitrogen and oxygen atoms in total. The van der Waals surface area contributed by atoms with Gasteiger partial charge >= 0.3 is 5.97 Å². The van der Waals surface area contributed by atoms with Crippen molar-refractivity contribution in [2.45, 2.75) is 22.8 Å². The first-order chi connectivity index (χ1) is 9.15. The number of ether oxygens (including phenoxy) is 1. The van der Waals surface area contributed by atoms with Crippen molar-refractivity contribution < 1.29 is 14.6 Å². The number of carboxylic acid groups (broad SMARTS) is 1. The average molecular weight is 274 g/mol. The van der Waals surface area contributed by atoms with Crippen LogP contribution in [0.25, 0.3) is 0 Å². The Balaban J connectivity index is 2.09. The molecule has 98 valence electrons. The second-order valence-corrected chi connectivity index (χ2v) is 5.14. The molecule has 1 N–H and O–H groups in total. The summed E-state index contributed by atoms with van der Waals surface area (Å²) in [4.78, 5) is 12.9. The van der Waals surface area contributed by atoms with E-state index in [0.29, 0.717) is 5.75 Å². The summed E-state index contributed by atoms with van der Waals surface area (Å²) < 4.78 is 5.34. The fraction of sp³-hybridized carbons (Fsp3) is 0.133. The van der Waals surface area contributed by atoms with Crippen molar-refractivity contribution in [3.8, 4) is 5.75 Å². The maximum atomic E-state index is 10.7. The predicted molar refractivity (Wildman–Crippen MR) is 74.7 cm³/mol. The van der Waals surface area contributed by atoms with E-state index in [0.717, 1.165) is 9.79 Å². The van der Waals surface area contributed by atoms with Crippen LogP contribution in [0.15, 0.2) is 64.4 Å². The van der Waals surface area contributed by atoms with Crippen LogP contribution in [-0.2, 0) is 4.79 Å². The molecule has 0 spiro atoms. The highest BCUT2D eigenvalue weighted by Crippen LogP contribution is 2.29. The second kappa shape index (κ2) is 6.29. The van der Waals surface area contributed by atoms with E-state index in [-0.39, 0.29) is 0 Å². The highest BCUT2D eigenvalue weighted by molar-refractivity contribution is 7.99. The lowest BCUT2D eigenvalue weighted by Crippen LogP contribution is -2.22. The van der Waals surface area contributed by atoms with Crippen LogP contribution >= 0.6 is 11.8 Å². The quantitative estimate of drug-likeness (QED) is 0.903. The van der Waals surface area contributed by atoms with Gasteiger partial charge in [0.1, 0.15) is 5.75 Å². The minimum absolute atomic E-state index is 0.566. The first-order valence-corrected chi connectivity index (χ1v) is 6.69. The van der Waals surface area contributed by atoms with Gasteiger partial charge in [0.05, 0.1) is 0 Å². The summed E-state index contributed by atoms with van der Waals surface area (Å²) in [6.45, 7) is 1.51. The summed E-state index contributed by atoms with van der Waals surface area (Å²) in [6.07, 6.45) is -0.850. The molecule has 4 heteroatoms. The molecule has 2 aromatic carbocycles. The van der Waals surface area contributed by atoms with Crippen LogP contribution in [0.2, 0.25) is 0 Å². The average Bonchev–Trinajstić information content (AvgIpc) is 2.40. The minimum atomic E-state index is -0.971. The van der Waals surface area contributed by atoms with Crippen LogP contribution in [-0.4, -0.2) is 17.2 Å². The number of carboxylic acids is 1. The predicted octanol–water partition coefficient (Wildman–Crippen LogP) is 3.69. The van der Waals surface area contributed by atoms with Crippen LogP contribution < -0.4 is 4.74 Å². The maximum Gasteiger partial charge on any atom is 0.344 e. The summed E-state index contributed by atoms with van der Waals surface area (Å²) in [7, 11) is 0. The van der Waals surface area contributed by atoms with Crippen LogP contribution in [0.1, 0.15) is 6.92 Å². The van der Waals surface area contributed by atoms with Gasteiger partial charge in [-0.25, -0.2) is 4.79 Å². The molecular weight excluding hydrogens is 260 g/mol. The van der Waals surface area contributed by atoms with Crippen molar-refractivity contribution in [3.05, 3.63) is 54.6 Å². The Kier molecular flexibility index (Phi) is 4.47. The van der Waals surface area contributed by atoms with E-state index >= 15 is 0 Å². The number of hydrogen-bond donors (Lipinski definition) is 1. The molecule has 1 unspecified atom stereocenters. The SMILES string of the molecule is CC(Oc1cccc(Sc2ccccc2)c1)C(=O)O. The van der Waals surface area contributed by atoms with E-state index in [2.05, 4.69) is 0 Å². The van der Waals surface area contributed by atoms with Crippen LogP contribution in [0.5, 0.6) is 5.75 Å². The zero-order valence-electron chi connectivity index (χ0n) is 10.4. The zero-order valence-corrected chi connectivity index (χ0v) is 11.3. The van der Waals surface area contributed by atoms with E-state index < -0.39 is 12.1 Å². The monoisotopic (exact) mass is 274 g/mol. The van der Waals surface area contributed by atoms with Gasteiger partial charge in [-0.1, -0.05) is 36.0 Å². The van der Waals surface area contributed by atoms with Gasteiger partial charge in [-0.2, -0.15) is 0 Å². The summed E-state index contributed by atoms with van der Waals surface area (Å²) in [5.41, 5.74) is 0. The Labute approximate surface area is 116 Å². The lowest BCUT2D eigenvalue weighted by atomic mass is 10.3. The van der Waals surface area contributed by atoms with Gasteiger partial charge < -0.3 is 9.84 Å². The van der Waals surface area contributed by atoms with Crippen LogP contribution in [0.4, 0.5) is 0 Å². The van der Waals surface area contributed by atoms with E-state index in [1.165, 1.54) is 6.92 Å². The first kappa shape index (κ1) is 13.5. The number of hydrogen-bond acceptors (Lipinski definition) is 3. The number of aliphatic carboxylic acids is 1. The van der Waals surface area contributed by atoms with Crippen LogP contribution in [0.3, 0.4) is 0 Å². The third-order valence-electron chi connectivity index (χ3n) is 2.45. The molecule has 0 radical (unpaired) electrons. The van der Waals surface area contributed by atoms with Crippen molar-refractivity contribution in [2.75, 3.05) is 0 Å². The van der Waals surface area contributed by atoms with Gasteiger partial charge in [-0.15, -0.1) is 0 Å². The Morgan fingerprint density at radius 3 is 2.47 bits per heavy atom. The van der Waals surface area contributed by atoms with Crippen molar-refractivity contribution in [2.24, 2.45) is 0 Å². The van der Waals surface area contributed by atoms with Crippen molar-refractivity contribution in [1.29, 1.82) is 0 Å². The summed E-state index contributed by atoms with van der Waals surface area (Å²) in [6, 6.07) is 17.4. The summed E-state index contributed by atoms with van der Waals surface area (Å²) >= 11 is 1.61. The smallest absolute Gasteiger partial charge is 0.344 e. The Bertz CT molecular complexity index is 554. The number of benzene rings is 2. The lowest BCUT2D eigenvalue weighted by Gasteiger charge is -2.11. The molecule has 0 aliphatic rings. The summed E-state index contributed by atoms with van der Waals surface area (Å²) in [5.74, 6) is -0.406. The molecule has 0 aliphatic heterocycles. The minimum Gasteiger partial charge on any atom is -0.479 e. The normalized spacial score (nSPS) is 11.8. The molecule has 19 heavy (non-hydrogen) atoms. The molecule has 0 bridgehead atoms. The van der Waals surface area contributed by atoms with E-state index in [4.69, 9.17) is 9.84 Å². The highest BCUT2D eigenvalue weighted by atomic mass is 32.2. The third-order valence-corrected chi connectivity index (χ3v) is 3.44. The topological polar surface area (TPSA) is 46.5 Å². The molecule has 0 saturated heterocycles. The lowest BCUT2D eigenvalue weighted by molar-refractivity contribution is -0.144. The Hall–Kier alpha value is -1.94. The van der Waals surface area contributed by atoms with E-state index in [1.54, 1.807) is 17.8 Å². The van der Waals surface area contributed by atoms with Crippen molar-refractivity contribution in [1.82, 2.24) is 0 Å². The first-order valence-electron chi connectivity index (χ1n) is 5.87. The van der Waals surface area contributed by atoms with E-state index in [9.17, 15) is 4.79 Å². The molecule has 0 aliphatic carbocycles. The van der Waals surface area contributed by atoms with E-state index in [1.807, 2.05) is 48.5 Å². The third kappa shape index (κ3) is 4.03. The largest absolute Gasteiger partial charge is 0.479 e. The van der Waals surface area contributed by atoms with Crippen LogP contribution in [0, 0.1) is 0 Å². The number of carbonyl (C=O) groups is 1. The molecule has 0 amide bonds. The molecule has 0 saturated carbocycles. The molecular formula is C15H14O3S. The molecule has 2 aromatic rings. The Morgan fingerprint density at radius 1 is 1.11 bits per heavy atom. The molecule has 0 fully saturated rings. The van der Waals surface area contributed by atoms with Gasteiger partial charge in [0.2, 0.25) is 0 Å². The van der Waals surface area contributed by atoms with Crippen molar-refractivity contribution in [3.63, 3.8) is 0 Å². The highest BCUT2D eigenvalue weighted by Gasteiger charge is 2.12. The molecule has 1 atom stereocenters. The Morgan fingerprint density at radius 2 is 1.79 bits per heavy atom. The standard InChI is InChI=1S/C15H14O3S/c1-11(15(16)17)18-12-6-5-9-14(10-12)19-13-7-3-2-4-8-13/h2-11H,1H3,(H,16,17).